The summed E-state index contributed by atoms with van der Waals surface area (Å²) in [6, 6.07) is 0. The third kappa shape index (κ3) is 2.92. The maximum absolute atomic E-state index is 11.1. The van der Waals surface area contributed by atoms with Crippen molar-refractivity contribution in [2.24, 2.45) is 22.7 Å². The SMILES string of the molecule is C=CC(C)=CCC1[C@](C)(O)C(O)C(O)C2C(C)(C)CCC[C@@]21C. The predicted molar refractivity (Wildman–Crippen MR) is 93.9 cm³/mol. The molecule has 2 aliphatic carbocycles. The van der Waals surface area contributed by atoms with E-state index in [0.29, 0.717) is 6.42 Å². The lowest BCUT2D eigenvalue weighted by Gasteiger charge is -2.64. The van der Waals surface area contributed by atoms with Gasteiger partial charge >= 0.3 is 0 Å². The Morgan fingerprint density at radius 3 is 2.35 bits per heavy atom. The van der Waals surface area contributed by atoms with Gasteiger partial charge < -0.3 is 15.3 Å². The summed E-state index contributed by atoms with van der Waals surface area (Å²) < 4.78 is 0. The first-order valence-corrected chi connectivity index (χ1v) is 8.86. The first-order valence-electron chi connectivity index (χ1n) is 8.86. The molecule has 3 heteroatoms. The van der Waals surface area contributed by atoms with E-state index < -0.39 is 17.8 Å². The van der Waals surface area contributed by atoms with Crippen LogP contribution in [0, 0.1) is 22.7 Å². The number of rotatable bonds is 3. The van der Waals surface area contributed by atoms with E-state index in [1.54, 1.807) is 6.92 Å². The smallest absolute Gasteiger partial charge is 0.109 e. The van der Waals surface area contributed by atoms with Crippen molar-refractivity contribution in [2.45, 2.75) is 78.1 Å². The molecule has 3 nitrogen and oxygen atoms in total. The fraction of sp³-hybridized carbons (Fsp3) is 0.800. The fourth-order valence-electron chi connectivity index (χ4n) is 5.67. The molecule has 0 aliphatic heterocycles. The molecule has 0 spiro atoms. The molecular formula is C20H34O3. The van der Waals surface area contributed by atoms with E-state index in [4.69, 9.17) is 0 Å². The molecule has 0 heterocycles. The number of hydrogen-bond donors (Lipinski definition) is 3. The van der Waals surface area contributed by atoms with E-state index in [-0.39, 0.29) is 22.7 Å². The van der Waals surface area contributed by atoms with Gasteiger partial charge in [0.05, 0.1) is 11.7 Å². The van der Waals surface area contributed by atoms with Crippen molar-refractivity contribution in [3.63, 3.8) is 0 Å². The number of fused-ring (bicyclic) bond motifs is 1. The van der Waals surface area contributed by atoms with Crippen molar-refractivity contribution in [1.82, 2.24) is 0 Å². The van der Waals surface area contributed by atoms with Crippen molar-refractivity contribution < 1.29 is 15.3 Å². The van der Waals surface area contributed by atoms with Gasteiger partial charge in [-0.25, -0.2) is 0 Å². The first kappa shape index (κ1) is 18.7. The Kier molecular flexibility index (Phi) is 4.89. The Balaban J connectivity index is 2.49. The highest BCUT2D eigenvalue weighted by Gasteiger charge is 2.64. The van der Waals surface area contributed by atoms with Gasteiger partial charge in [0.2, 0.25) is 0 Å². The summed E-state index contributed by atoms with van der Waals surface area (Å²) in [6.07, 6.45) is 5.73. The second-order valence-electron chi connectivity index (χ2n) is 8.93. The molecule has 0 saturated heterocycles. The largest absolute Gasteiger partial charge is 0.390 e. The van der Waals surface area contributed by atoms with Gasteiger partial charge in [0.1, 0.15) is 6.10 Å². The second-order valence-corrected chi connectivity index (χ2v) is 8.93. The number of hydrogen-bond acceptors (Lipinski definition) is 3. The summed E-state index contributed by atoms with van der Waals surface area (Å²) >= 11 is 0. The molecule has 2 rings (SSSR count). The van der Waals surface area contributed by atoms with Crippen LogP contribution in [0.3, 0.4) is 0 Å². The standard InChI is InChI=1S/C20H34O3/c1-7-13(2)9-10-14-19(5)12-8-11-18(3,4)16(19)15(21)17(22)20(14,6)23/h7,9,14-17,21-23H,1,8,10-12H2,2-6H3/t14?,15?,16?,17?,19-,20+/m1/s1. The molecule has 23 heavy (non-hydrogen) atoms. The van der Waals surface area contributed by atoms with Gasteiger partial charge in [0.15, 0.2) is 0 Å². The van der Waals surface area contributed by atoms with Crippen molar-refractivity contribution in [2.75, 3.05) is 0 Å². The summed E-state index contributed by atoms with van der Waals surface area (Å²) in [5.41, 5.74) is -0.450. The molecule has 6 atom stereocenters. The molecule has 0 aromatic carbocycles. The minimum Gasteiger partial charge on any atom is -0.390 e. The van der Waals surface area contributed by atoms with Crippen LogP contribution in [0.4, 0.5) is 0 Å². The summed E-state index contributed by atoms with van der Waals surface area (Å²) in [5.74, 6) is -0.103. The molecule has 0 aromatic rings. The van der Waals surface area contributed by atoms with E-state index in [1.165, 1.54) is 0 Å². The third-order valence-corrected chi connectivity index (χ3v) is 6.85. The summed E-state index contributed by atoms with van der Waals surface area (Å²) in [6.45, 7) is 14.0. The zero-order chi connectivity index (χ0) is 17.6. The maximum atomic E-state index is 11.1. The van der Waals surface area contributed by atoms with Crippen LogP contribution in [-0.2, 0) is 0 Å². The molecular weight excluding hydrogens is 288 g/mol. The van der Waals surface area contributed by atoms with Crippen molar-refractivity contribution in [1.29, 1.82) is 0 Å². The predicted octanol–water partition coefficient (Wildman–Crippen LogP) is 3.44. The zero-order valence-electron chi connectivity index (χ0n) is 15.3. The average molecular weight is 322 g/mol. The second kappa shape index (κ2) is 6.02. The number of allylic oxidation sites excluding steroid dienone is 3. The highest BCUT2D eigenvalue weighted by atomic mass is 16.4. The van der Waals surface area contributed by atoms with E-state index in [2.05, 4.69) is 33.4 Å². The Morgan fingerprint density at radius 2 is 1.78 bits per heavy atom. The van der Waals surface area contributed by atoms with Gasteiger partial charge in [-0.15, -0.1) is 0 Å². The Hall–Kier alpha value is -0.640. The molecule has 132 valence electrons. The van der Waals surface area contributed by atoms with Crippen molar-refractivity contribution in [3.8, 4) is 0 Å². The van der Waals surface area contributed by atoms with E-state index in [0.717, 1.165) is 24.8 Å². The molecule has 0 bridgehead atoms. The lowest BCUT2D eigenvalue weighted by molar-refractivity contribution is -0.265. The molecule has 3 N–H and O–H groups in total. The van der Waals surface area contributed by atoms with Crippen LogP contribution in [0.25, 0.3) is 0 Å². The van der Waals surface area contributed by atoms with Crippen LogP contribution in [0.15, 0.2) is 24.3 Å². The maximum Gasteiger partial charge on any atom is 0.109 e. The van der Waals surface area contributed by atoms with Crippen LogP contribution < -0.4 is 0 Å². The van der Waals surface area contributed by atoms with Gasteiger partial charge in [-0.2, -0.15) is 0 Å². The van der Waals surface area contributed by atoms with Gasteiger partial charge in [-0.05, 0) is 55.8 Å². The van der Waals surface area contributed by atoms with Gasteiger partial charge in [-0.3, -0.25) is 0 Å². The lowest BCUT2D eigenvalue weighted by Crippen LogP contribution is -2.69. The van der Waals surface area contributed by atoms with Gasteiger partial charge in [0, 0.05) is 0 Å². The van der Waals surface area contributed by atoms with Crippen LogP contribution in [0.5, 0.6) is 0 Å². The monoisotopic (exact) mass is 322 g/mol. The highest BCUT2D eigenvalue weighted by molar-refractivity contribution is 5.18. The molecule has 2 aliphatic rings. The van der Waals surface area contributed by atoms with E-state index >= 15 is 0 Å². The average Bonchev–Trinajstić information content (AvgIpc) is 2.43. The molecule has 2 fully saturated rings. The van der Waals surface area contributed by atoms with Crippen molar-refractivity contribution >= 4 is 0 Å². The Morgan fingerprint density at radius 1 is 1.17 bits per heavy atom. The third-order valence-electron chi connectivity index (χ3n) is 6.85. The zero-order valence-corrected chi connectivity index (χ0v) is 15.3. The molecule has 0 radical (unpaired) electrons. The fourth-order valence-corrected chi connectivity index (χ4v) is 5.67. The van der Waals surface area contributed by atoms with Gasteiger partial charge in [-0.1, -0.05) is 51.5 Å². The van der Waals surface area contributed by atoms with Crippen LogP contribution in [0.2, 0.25) is 0 Å². The summed E-state index contributed by atoms with van der Waals surface area (Å²) in [7, 11) is 0. The van der Waals surface area contributed by atoms with Crippen LogP contribution >= 0.6 is 0 Å². The summed E-state index contributed by atoms with van der Waals surface area (Å²) in [4.78, 5) is 0. The van der Waals surface area contributed by atoms with E-state index in [9.17, 15) is 15.3 Å². The minimum absolute atomic E-state index is 0.0126. The number of aliphatic hydroxyl groups excluding tert-OH is 2. The number of aliphatic hydroxyl groups is 3. The molecule has 0 amide bonds. The van der Waals surface area contributed by atoms with E-state index in [1.807, 2.05) is 13.0 Å². The normalized spacial score (nSPS) is 47.0. The Labute approximate surface area is 141 Å². The topological polar surface area (TPSA) is 60.7 Å². The minimum atomic E-state index is -1.30. The summed E-state index contributed by atoms with van der Waals surface area (Å²) in [5, 5.41) is 32.5. The quantitative estimate of drug-likeness (QED) is 0.698. The van der Waals surface area contributed by atoms with Gasteiger partial charge in [0.25, 0.3) is 0 Å². The van der Waals surface area contributed by atoms with Crippen molar-refractivity contribution in [3.05, 3.63) is 24.3 Å². The highest BCUT2D eigenvalue weighted by Crippen LogP contribution is 2.62. The molecule has 4 unspecified atom stereocenters. The lowest BCUT2D eigenvalue weighted by atomic mass is 9.43. The molecule has 0 aromatic heterocycles. The van der Waals surface area contributed by atoms with Crippen LogP contribution in [-0.4, -0.2) is 33.1 Å². The van der Waals surface area contributed by atoms with Crippen LogP contribution in [0.1, 0.15) is 60.3 Å². The molecule has 2 saturated carbocycles. The Bertz CT molecular complexity index is 491. The first-order chi connectivity index (χ1) is 10.5.